The lowest BCUT2D eigenvalue weighted by molar-refractivity contribution is 0.100. The standard InChI is InChI=1S/C14H9ClN2O/c15-11-6-5-9(14(16)18)13-10(11)7-8-3-1-2-4-12(8)17-13/h1-7H,(H2,16,18). The number of para-hydroxylation sites is 1. The van der Waals surface area contributed by atoms with Gasteiger partial charge in [-0.1, -0.05) is 29.8 Å². The summed E-state index contributed by atoms with van der Waals surface area (Å²) in [6.07, 6.45) is 0. The number of halogens is 1. The van der Waals surface area contributed by atoms with E-state index in [1.54, 1.807) is 12.1 Å². The van der Waals surface area contributed by atoms with E-state index in [0.29, 0.717) is 16.1 Å². The van der Waals surface area contributed by atoms with E-state index in [1.165, 1.54) is 0 Å². The van der Waals surface area contributed by atoms with E-state index in [1.807, 2.05) is 30.3 Å². The van der Waals surface area contributed by atoms with Gasteiger partial charge in [0.05, 0.1) is 21.6 Å². The van der Waals surface area contributed by atoms with Crippen molar-refractivity contribution < 1.29 is 4.79 Å². The van der Waals surface area contributed by atoms with Crippen LogP contribution >= 0.6 is 11.6 Å². The van der Waals surface area contributed by atoms with Gasteiger partial charge in [0.15, 0.2) is 0 Å². The first-order chi connectivity index (χ1) is 8.66. The lowest BCUT2D eigenvalue weighted by Crippen LogP contribution is -2.12. The van der Waals surface area contributed by atoms with Crippen molar-refractivity contribution in [2.24, 2.45) is 5.73 Å². The molecule has 1 amide bonds. The number of hydrogen-bond donors (Lipinski definition) is 1. The van der Waals surface area contributed by atoms with Gasteiger partial charge in [-0.25, -0.2) is 4.98 Å². The molecule has 0 radical (unpaired) electrons. The summed E-state index contributed by atoms with van der Waals surface area (Å²) in [5.41, 5.74) is 7.11. The molecule has 0 bridgehead atoms. The average molecular weight is 257 g/mol. The van der Waals surface area contributed by atoms with Crippen molar-refractivity contribution in [2.75, 3.05) is 0 Å². The molecule has 3 rings (SSSR count). The highest BCUT2D eigenvalue weighted by atomic mass is 35.5. The topological polar surface area (TPSA) is 56.0 Å². The van der Waals surface area contributed by atoms with Gasteiger partial charge in [-0.2, -0.15) is 0 Å². The lowest BCUT2D eigenvalue weighted by atomic mass is 10.1. The first kappa shape index (κ1) is 11.0. The molecular formula is C14H9ClN2O. The molecule has 0 aliphatic carbocycles. The van der Waals surface area contributed by atoms with Gasteiger partial charge >= 0.3 is 0 Å². The van der Waals surface area contributed by atoms with E-state index in [2.05, 4.69) is 4.98 Å². The molecule has 0 aliphatic heterocycles. The average Bonchev–Trinajstić information content (AvgIpc) is 2.37. The molecule has 0 fully saturated rings. The molecule has 1 heterocycles. The number of nitrogens with two attached hydrogens (primary N) is 1. The van der Waals surface area contributed by atoms with Crippen LogP contribution in [-0.4, -0.2) is 10.9 Å². The highest BCUT2D eigenvalue weighted by molar-refractivity contribution is 6.36. The molecule has 0 unspecified atom stereocenters. The summed E-state index contributed by atoms with van der Waals surface area (Å²) in [7, 11) is 0. The maximum atomic E-state index is 11.4. The van der Waals surface area contributed by atoms with Crippen molar-refractivity contribution >= 4 is 39.3 Å². The van der Waals surface area contributed by atoms with Crippen LogP contribution in [0.1, 0.15) is 10.4 Å². The number of pyridine rings is 1. The molecule has 0 saturated heterocycles. The van der Waals surface area contributed by atoms with E-state index in [9.17, 15) is 4.79 Å². The fraction of sp³-hybridized carbons (Fsp3) is 0. The Kier molecular flexibility index (Phi) is 2.42. The molecule has 18 heavy (non-hydrogen) atoms. The Morgan fingerprint density at radius 2 is 1.94 bits per heavy atom. The Morgan fingerprint density at radius 3 is 2.72 bits per heavy atom. The molecule has 3 aromatic rings. The molecule has 0 saturated carbocycles. The van der Waals surface area contributed by atoms with Crippen LogP contribution in [0, 0.1) is 0 Å². The second-order valence-corrected chi connectivity index (χ2v) is 4.44. The molecule has 0 aliphatic rings. The van der Waals surface area contributed by atoms with Crippen molar-refractivity contribution in [1.29, 1.82) is 0 Å². The number of carbonyl (C=O) groups is 1. The molecule has 0 atom stereocenters. The molecule has 88 valence electrons. The smallest absolute Gasteiger partial charge is 0.250 e. The SMILES string of the molecule is NC(=O)c1ccc(Cl)c2cc3ccccc3nc12. The van der Waals surface area contributed by atoms with Gasteiger partial charge in [-0.05, 0) is 24.3 Å². The maximum Gasteiger partial charge on any atom is 0.250 e. The van der Waals surface area contributed by atoms with Crippen LogP contribution in [0.4, 0.5) is 0 Å². The van der Waals surface area contributed by atoms with Crippen LogP contribution in [0.2, 0.25) is 5.02 Å². The summed E-state index contributed by atoms with van der Waals surface area (Å²) < 4.78 is 0. The molecule has 2 N–H and O–H groups in total. The van der Waals surface area contributed by atoms with Gasteiger partial charge < -0.3 is 5.73 Å². The minimum absolute atomic E-state index is 0.389. The Balaban J connectivity index is 2.52. The van der Waals surface area contributed by atoms with Gasteiger partial charge in [-0.3, -0.25) is 4.79 Å². The predicted molar refractivity (Wildman–Crippen MR) is 72.8 cm³/mol. The minimum atomic E-state index is -0.501. The highest BCUT2D eigenvalue weighted by Gasteiger charge is 2.11. The second-order valence-electron chi connectivity index (χ2n) is 4.04. The van der Waals surface area contributed by atoms with Crippen molar-refractivity contribution in [2.45, 2.75) is 0 Å². The highest BCUT2D eigenvalue weighted by Crippen LogP contribution is 2.28. The first-order valence-corrected chi connectivity index (χ1v) is 5.82. The van der Waals surface area contributed by atoms with Gasteiger partial charge in [0.25, 0.3) is 5.91 Å². The van der Waals surface area contributed by atoms with Crippen LogP contribution in [0.25, 0.3) is 21.8 Å². The van der Waals surface area contributed by atoms with Crippen LogP contribution in [0.15, 0.2) is 42.5 Å². The van der Waals surface area contributed by atoms with Gasteiger partial charge in [0.2, 0.25) is 0 Å². The first-order valence-electron chi connectivity index (χ1n) is 5.44. The summed E-state index contributed by atoms with van der Waals surface area (Å²) in [4.78, 5) is 15.9. The van der Waals surface area contributed by atoms with Gasteiger partial charge in [0.1, 0.15) is 0 Å². The fourth-order valence-corrected chi connectivity index (χ4v) is 2.23. The van der Waals surface area contributed by atoms with Gasteiger partial charge in [-0.15, -0.1) is 0 Å². The largest absolute Gasteiger partial charge is 0.366 e. The predicted octanol–water partition coefficient (Wildman–Crippen LogP) is 3.14. The van der Waals surface area contributed by atoms with Crippen molar-refractivity contribution in [3.63, 3.8) is 0 Å². The number of carbonyl (C=O) groups excluding carboxylic acids is 1. The van der Waals surface area contributed by atoms with E-state index >= 15 is 0 Å². The molecule has 2 aromatic carbocycles. The number of benzene rings is 2. The van der Waals surface area contributed by atoms with E-state index in [4.69, 9.17) is 17.3 Å². The number of hydrogen-bond acceptors (Lipinski definition) is 2. The third-order valence-electron chi connectivity index (χ3n) is 2.90. The zero-order valence-electron chi connectivity index (χ0n) is 9.35. The number of rotatable bonds is 1. The Labute approximate surface area is 108 Å². The maximum absolute atomic E-state index is 11.4. The summed E-state index contributed by atoms with van der Waals surface area (Å²) in [5.74, 6) is -0.501. The van der Waals surface area contributed by atoms with Crippen molar-refractivity contribution in [1.82, 2.24) is 4.98 Å². The molecular weight excluding hydrogens is 248 g/mol. The Morgan fingerprint density at radius 1 is 1.17 bits per heavy atom. The van der Waals surface area contributed by atoms with Gasteiger partial charge in [0, 0.05) is 10.8 Å². The summed E-state index contributed by atoms with van der Waals surface area (Å²) in [5, 5.41) is 2.29. The Bertz CT molecular complexity index is 783. The third kappa shape index (κ3) is 1.60. The summed E-state index contributed by atoms with van der Waals surface area (Å²) in [6.45, 7) is 0. The quantitative estimate of drug-likeness (QED) is 0.680. The number of fused-ring (bicyclic) bond motifs is 2. The number of aromatic nitrogens is 1. The Hall–Kier alpha value is -2.13. The van der Waals surface area contributed by atoms with E-state index in [0.717, 1.165) is 16.3 Å². The number of amides is 1. The second kappa shape index (κ2) is 3.96. The van der Waals surface area contributed by atoms with E-state index < -0.39 is 5.91 Å². The van der Waals surface area contributed by atoms with Crippen molar-refractivity contribution in [3.8, 4) is 0 Å². The lowest BCUT2D eigenvalue weighted by Gasteiger charge is -2.06. The molecule has 1 aromatic heterocycles. The zero-order chi connectivity index (χ0) is 12.7. The summed E-state index contributed by atoms with van der Waals surface area (Å²) >= 11 is 6.14. The van der Waals surface area contributed by atoms with Crippen LogP contribution in [-0.2, 0) is 0 Å². The van der Waals surface area contributed by atoms with Crippen LogP contribution < -0.4 is 5.73 Å². The molecule has 0 spiro atoms. The summed E-state index contributed by atoms with van der Waals surface area (Å²) in [6, 6.07) is 12.9. The normalized spacial score (nSPS) is 10.9. The van der Waals surface area contributed by atoms with Crippen LogP contribution in [0.5, 0.6) is 0 Å². The minimum Gasteiger partial charge on any atom is -0.366 e. The number of primary amides is 1. The molecule has 4 heteroatoms. The monoisotopic (exact) mass is 256 g/mol. The van der Waals surface area contributed by atoms with Crippen molar-refractivity contribution in [3.05, 3.63) is 53.1 Å². The fourth-order valence-electron chi connectivity index (χ4n) is 2.03. The number of nitrogens with zero attached hydrogens (tertiary/aromatic N) is 1. The third-order valence-corrected chi connectivity index (χ3v) is 3.23. The van der Waals surface area contributed by atoms with Crippen LogP contribution in [0.3, 0.4) is 0 Å². The zero-order valence-corrected chi connectivity index (χ0v) is 10.1. The van der Waals surface area contributed by atoms with E-state index in [-0.39, 0.29) is 0 Å². The molecule has 3 nitrogen and oxygen atoms in total.